The Kier molecular flexibility index (Phi) is 18.3. The molecule has 0 amide bonds. The number of hydrogen-bond donors (Lipinski definition) is 14. The van der Waals surface area contributed by atoms with E-state index >= 15 is 4.79 Å². The van der Waals surface area contributed by atoms with Crippen LogP contribution in [0.25, 0.3) is 0 Å². The first kappa shape index (κ1) is 63.8. The molecule has 4 saturated carbocycles. The molecular weight excluding hydrogens is 1090 g/mol. The molecule has 0 radical (unpaired) electrons. The van der Waals surface area contributed by atoms with Gasteiger partial charge in [-0.1, -0.05) is 46.3 Å². The van der Waals surface area contributed by atoms with Crippen molar-refractivity contribution >= 4 is 17.9 Å². The Morgan fingerprint density at radius 1 is 0.573 bits per heavy atom. The number of aliphatic carboxylic acids is 1. The van der Waals surface area contributed by atoms with Gasteiger partial charge in [-0.05, 0) is 111 Å². The summed E-state index contributed by atoms with van der Waals surface area (Å²) in [6.07, 6.45) is -30.8. The molecule has 0 aromatic rings. The largest absolute Gasteiger partial charge is 0.481 e. The van der Waals surface area contributed by atoms with E-state index in [1.807, 2.05) is 0 Å². The van der Waals surface area contributed by atoms with Crippen molar-refractivity contribution < 1.29 is 129 Å². The Bertz CT molecular complexity index is 2340. The van der Waals surface area contributed by atoms with Gasteiger partial charge in [0, 0.05) is 6.92 Å². The number of carbonyl (C=O) groups excluding carboxylic acids is 2. The number of esters is 2. The van der Waals surface area contributed by atoms with Gasteiger partial charge in [-0.25, -0.2) is 0 Å². The fourth-order valence-corrected chi connectivity index (χ4v) is 16.5. The van der Waals surface area contributed by atoms with Gasteiger partial charge in [0.05, 0.1) is 36.8 Å². The third kappa shape index (κ3) is 10.6. The van der Waals surface area contributed by atoms with Gasteiger partial charge in [0.15, 0.2) is 18.9 Å². The SMILES string of the molecule is CC(=O)OCC1OC(OC2C(OCC3OC(OC(=O)C45CCC(C)(C)CC4C4=CCC6C7(C)CCC(O)C(C)(C(=O)O)C7CCC6(C)C4(C)CC5)C(O)C(OC4OC(CO)C(O)C(O)C4O)C3O)OC(CO)C(O)C2O)C(O)C(O)C1O. The molecule has 82 heavy (non-hydrogen) atoms. The highest BCUT2D eigenvalue weighted by Crippen LogP contribution is 2.76. The summed E-state index contributed by atoms with van der Waals surface area (Å²) in [4.78, 5) is 40.1. The molecule has 26 heteroatoms. The Morgan fingerprint density at radius 2 is 1.12 bits per heavy atom. The molecule has 9 aliphatic rings. The molecule has 0 aromatic carbocycles. The summed E-state index contributed by atoms with van der Waals surface area (Å²) in [6, 6.07) is 0. The standard InChI is InChI=1S/C56H88O26/c1-23(59)74-21-28-35(63)38(66)41(69)46(78-28)81-44-39(67)34(62)27(20-58)77-48(44)75-22-29-36(64)43(80-45-40(68)37(65)33(61)26(19-57)76-45)42(70)47(79-29)82-50(73)56-16-14-51(2,3)18-25(56)24-8-9-30-52(4)12-11-32(60)55(7,49(71)72)31(52)10-13-54(30,6)53(24,5)15-17-56/h8,25-48,57-58,60-70H,9-22H2,1-7H3,(H,71,72). The van der Waals surface area contributed by atoms with Crippen molar-refractivity contribution in [3.05, 3.63) is 11.6 Å². The first-order chi connectivity index (χ1) is 38.3. The lowest BCUT2D eigenvalue weighted by atomic mass is 9.33. The van der Waals surface area contributed by atoms with E-state index in [9.17, 15) is 81.1 Å². The number of aliphatic hydroxyl groups excluding tert-OH is 13. The van der Waals surface area contributed by atoms with Crippen LogP contribution in [0, 0.1) is 50.2 Å². The number of carboxylic acid groups (broad SMARTS) is 1. The zero-order valence-corrected chi connectivity index (χ0v) is 47.5. The molecule has 0 bridgehead atoms. The minimum Gasteiger partial charge on any atom is -0.481 e. The predicted molar refractivity (Wildman–Crippen MR) is 274 cm³/mol. The van der Waals surface area contributed by atoms with E-state index in [1.165, 1.54) is 0 Å². The molecule has 0 aromatic heterocycles. The molecule has 9 rings (SSSR count). The summed E-state index contributed by atoms with van der Waals surface area (Å²) in [5, 5.41) is 153. The topological polar surface area (TPSA) is 418 Å². The van der Waals surface area contributed by atoms with Gasteiger partial charge in [-0.2, -0.15) is 0 Å². The Balaban J connectivity index is 1.01. The highest BCUT2D eigenvalue weighted by atomic mass is 16.8. The normalized spacial score (nSPS) is 51.9. The highest BCUT2D eigenvalue weighted by molar-refractivity contribution is 5.79. The molecule has 4 saturated heterocycles. The lowest BCUT2D eigenvalue weighted by Gasteiger charge is -2.71. The molecule has 29 atom stereocenters. The zero-order chi connectivity index (χ0) is 60.1. The fourth-order valence-electron chi connectivity index (χ4n) is 16.5. The number of hydrogen-bond acceptors (Lipinski definition) is 25. The molecule has 0 spiro atoms. The molecular formula is C56H88O26. The molecule has 5 aliphatic carbocycles. The molecule has 468 valence electrons. The van der Waals surface area contributed by atoms with Gasteiger partial charge in [0.2, 0.25) is 6.29 Å². The van der Waals surface area contributed by atoms with E-state index in [0.29, 0.717) is 64.2 Å². The van der Waals surface area contributed by atoms with E-state index < -0.39 is 195 Å². The lowest BCUT2D eigenvalue weighted by Crippen LogP contribution is -2.67. The fraction of sp³-hybridized carbons (Fsp3) is 0.911. The first-order valence-electron chi connectivity index (χ1n) is 28.9. The molecule has 26 nitrogen and oxygen atoms in total. The van der Waals surface area contributed by atoms with Crippen molar-refractivity contribution in [2.24, 2.45) is 50.2 Å². The van der Waals surface area contributed by atoms with Crippen molar-refractivity contribution in [1.29, 1.82) is 0 Å². The van der Waals surface area contributed by atoms with Crippen LogP contribution in [0.15, 0.2) is 11.6 Å². The minimum atomic E-state index is -2.09. The van der Waals surface area contributed by atoms with Gasteiger partial charge < -0.3 is 114 Å². The van der Waals surface area contributed by atoms with Crippen molar-refractivity contribution in [1.82, 2.24) is 0 Å². The highest BCUT2D eigenvalue weighted by Gasteiger charge is 2.71. The number of fused-ring (bicyclic) bond motifs is 7. The van der Waals surface area contributed by atoms with Crippen LogP contribution < -0.4 is 0 Å². The maximum absolute atomic E-state index is 15.6. The number of rotatable bonds is 14. The van der Waals surface area contributed by atoms with E-state index in [4.69, 9.17) is 42.6 Å². The summed E-state index contributed by atoms with van der Waals surface area (Å²) in [7, 11) is 0. The van der Waals surface area contributed by atoms with Crippen LogP contribution in [0.4, 0.5) is 0 Å². The van der Waals surface area contributed by atoms with Crippen LogP contribution in [0.1, 0.15) is 113 Å². The van der Waals surface area contributed by atoms with Crippen LogP contribution in [0.2, 0.25) is 0 Å². The first-order valence-corrected chi connectivity index (χ1v) is 28.9. The van der Waals surface area contributed by atoms with E-state index in [0.717, 1.165) is 12.5 Å². The Hall–Kier alpha value is -2.65. The average molecular weight is 1180 g/mol. The number of carboxylic acids is 1. The summed E-state index contributed by atoms with van der Waals surface area (Å²) in [5.74, 6) is -3.12. The zero-order valence-electron chi connectivity index (χ0n) is 47.5. The smallest absolute Gasteiger partial charge is 0.315 e. The van der Waals surface area contributed by atoms with Gasteiger partial charge in [0.1, 0.15) is 104 Å². The summed E-state index contributed by atoms with van der Waals surface area (Å²) < 4.78 is 52.5. The molecule has 14 N–H and O–H groups in total. The van der Waals surface area contributed by atoms with Crippen LogP contribution in [0.3, 0.4) is 0 Å². The van der Waals surface area contributed by atoms with Gasteiger partial charge >= 0.3 is 17.9 Å². The Labute approximate surface area is 475 Å². The predicted octanol–water partition coefficient (Wildman–Crippen LogP) is -2.40. The van der Waals surface area contributed by atoms with Gasteiger partial charge in [0.25, 0.3) is 0 Å². The van der Waals surface area contributed by atoms with E-state index in [1.54, 1.807) is 6.92 Å². The lowest BCUT2D eigenvalue weighted by molar-refractivity contribution is -0.377. The second-order valence-electron chi connectivity index (χ2n) is 26.7. The third-order valence-electron chi connectivity index (χ3n) is 21.8. The van der Waals surface area contributed by atoms with E-state index in [2.05, 4.69) is 40.7 Å². The van der Waals surface area contributed by atoms with Crippen molar-refractivity contribution in [3.8, 4) is 0 Å². The quantitative estimate of drug-likeness (QED) is 0.0637. The van der Waals surface area contributed by atoms with Crippen LogP contribution in [0.5, 0.6) is 0 Å². The van der Waals surface area contributed by atoms with Crippen LogP contribution in [-0.2, 0) is 57.0 Å². The maximum Gasteiger partial charge on any atom is 0.315 e. The monoisotopic (exact) mass is 1180 g/mol. The number of allylic oxidation sites excluding steroid dienone is 2. The summed E-state index contributed by atoms with van der Waals surface area (Å²) in [5.41, 5.74) is -2.89. The van der Waals surface area contributed by atoms with Crippen molar-refractivity contribution in [3.63, 3.8) is 0 Å². The van der Waals surface area contributed by atoms with Gasteiger partial charge in [-0.15, -0.1) is 0 Å². The average Bonchev–Trinajstić information content (AvgIpc) is 0.806. The third-order valence-corrected chi connectivity index (χ3v) is 21.8. The second kappa shape index (κ2) is 23.5. The maximum atomic E-state index is 15.6. The van der Waals surface area contributed by atoms with Gasteiger partial charge in [-0.3, -0.25) is 14.4 Å². The number of ether oxygens (including phenoxy) is 9. The van der Waals surface area contributed by atoms with Crippen LogP contribution >= 0.6 is 0 Å². The number of carbonyl (C=O) groups is 3. The second-order valence-corrected chi connectivity index (χ2v) is 26.7. The van der Waals surface area contributed by atoms with Crippen LogP contribution in [-0.4, -0.2) is 245 Å². The summed E-state index contributed by atoms with van der Waals surface area (Å²) >= 11 is 0. The number of aliphatic hydroxyl groups is 13. The molecule has 4 aliphatic heterocycles. The molecule has 29 unspecified atom stereocenters. The van der Waals surface area contributed by atoms with Crippen molar-refractivity contribution in [2.75, 3.05) is 26.4 Å². The minimum absolute atomic E-state index is 0.0515. The van der Waals surface area contributed by atoms with Crippen molar-refractivity contribution in [2.45, 2.75) is 242 Å². The van der Waals surface area contributed by atoms with E-state index in [-0.39, 0.29) is 28.6 Å². The Morgan fingerprint density at radius 3 is 1.73 bits per heavy atom. The summed E-state index contributed by atoms with van der Waals surface area (Å²) in [6.45, 7) is 10.6. The molecule has 8 fully saturated rings. The molecule has 4 heterocycles.